The van der Waals surface area contributed by atoms with E-state index in [1.165, 1.54) is 17.8 Å². The Hall–Kier alpha value is -2.12. The number of rotatable bonds is 6. The van der Waals surface area contributed by atoms with E-state index in [4.69, 9.17) is 43.6 Å². The van der Waals surface area contributed by atoms with Gasteiger partial charge in [-0.15, -0.1) is 11.3 Å². The first-order valence-corrected chi connectivity index (χ1v) is 12.7. The van der Waals surface area contributed by atoms with Gasteiger partial charge in [-0.1, -0.05) is 34.8 Å². The number of nitrogens with zero attached hydrogens (tertiary/aromatic N) is 2. The molecule has 1 aromatic carbocycles. The molecule has 0 unspecified atom stereocenters. The Kier molecular flexibility index (Phi) is 6.61. The van der Waals surface area contributed by atoms with Crippen LogP contribution in [-0.2, 0) is 13.1 Å². The Bertz CT molecular complexity index is 1280. The molecule has 0 aliphatic carbocycles. The lowest BCUT2D eigenvalue weighted by Gasteiger charge is -2.26. The Morgan fingerprint density at radius 2 is 1.82 bits per heavy atom. The molecule has 1 aliphatic heterocycles. The maximum Gasteiger partial charge on any atom is 0.266 e. The van der Waals surface area contributed by atoms with Crippen LogP contribution in [0.5, 0.6) is 0 Å². The van der Waals surface area contributed by atoms with Crippen molar-refractivity contribution in [1.29, 1.82) is 0 Å². The molecule has 4 heterocycles. The minimum Gasteiger partial charge on any atom is -0.467 e. The van der Waals surface area contributed by atoms with E-state index in [0.29, 0.717) is 36.9 Å². The molecule has 5 nitrogen and oxygen atoms in total. The SMILES string of the molecule is O=C(c1sc2cc(Cl)cc(Cl)c2c1Cl)N(Cc1ccco1)Cc1ccc(N2CCCCC2)o1. The van der Waals surface area contributed by atoms with Crippen molar-refractivity contribution in [3.63, 3.8) is 0 Å². The van der Waals surface area contributed by atoms with E-state index < -0.39 is 0 Å². The first kappa shape index (κ1) is 22.7. The predicted octanol–water partition coefficient (Wildman–Crippen LogP) is 7.88. The normalized spacial score (nSPS) is 14.2. The van der Waals surface area contributed by atoms with Crippen molar-refractivity contribution in [2.75, 3.05) is 18.0 Å². The molecule has 172 valence electrons. The van der Waals surface area contributed by atoms with Crippen LogP contribution in [0, 0.1) is 0 Å². The second kappa shape index (κ2) is 9.63. The highest BCUT2D eigenvalue weighted by Gasteiger charge is 2.26. The van der Waals surface area contributed by atoms with E-state index >= 15 is 0 Å². The molecule has 0 bridgehead atoms. The van der Waals surface area contributed by atoms with Crippen LogP contribution in [0.25, 0.3) is 10.1 Å². The fourth-order valence-corrected chi connectivity index (χ4v) is 6.45. The first-order chi connectivity index (χ1) is 16.0. The number of benzene rings is 1. The molecule has 0 atom stereocenters. The van der Waals surface area contributed by atoms with Gasteiger partial charge in [-0.2, -0.15) is 0 Å². The largest absolute Gasteiger partial charge is 0.467 e. The zero-order valence-corrected chi connectivity index (χ0v) is 20.7. The van der Waals surface area contributed by atoms with Crippen molar-refractivity contribution >= 4 is 68.0 Å². The summed E-state index contributed by atoms with van der Waals surface area (Å²) in [5.74, 6) is 2.00. The molecule has 0 saturated carbocycles. The number of halogens is 3. The van der Waals surface area contributed by atoms with Crippen molar-refractivity contribution in [3.8, 4) is 0 Å². The standard InChI is InChI=1S/C24H21Cl3N2O3S/c25-15-11-18(26)21-19(12-15)33-23(22(21)27)24(30)29(13-16-5-4-10-31-16)14-17-6-7-20(32-17)28-8-2-1-3-9-28/h4-7,10-12H,1-3,8-9,13-14H2. The second-order valence-corrected chi connectivity index (χ2v) is 10.3. The number of hydrogen-bond acceptors (Lipinski definition) is 5. The fourth-order valence-electron chi connectivity index (χ4n) is 4.11. The Labute approximate surface area is 210 Å². The molecule has 9 heteroatoms. The van der Waals surface area contributed by atoms with Gasteiger partial charge >= 0.3 is 0 Å². The number of piperidine rings is 1. The Morgan fingerprint density at radius 3 is 2.58 bits per heavy atom. The molecule has 1 amide bonds. The molecule has 33 heavy (non-hydrogen) atoms. The first-order valence-electron chi connectivity index (χ1n) is 10.7. The van der Waals surface area contributed by atoms with Gasteiger partial charge in [-0.05, 0) is 49.6 Å². The molecule has 0 spiro atoms. The smallest absolute Gasteiger partial charge is 0.266 e. The Morgan fingerprint density at radius 1 is 1.03 bits per heavy atom. The fraction of sp³-hybridized carbons (Fsp3) is 0.292. The van der Waals surface area contributed by atoms with Crippen molar-refractivity contribution in [1.82, 2.24) is 4.90 Å². The summed E-state index contributed by atoms with van der Waals surface area (Å²) in [6, 6.07) is 10.9. The van der Waals surface area contributed by atoms with Gasteiger partial charge in [0.15, 0.2) is 5.88 Å². The summed E-state index contributed by atoms with van der Waals surface area (Å²) >= 11 is 20.4. The molecule has 0 N–H and O–H groups in total. The topological polar surface area (TPSA) is 49.8 Å². The zero-order chi connectivity index (χ0) is 22.9. The molecule has 4 aromatic rings. The summed E-state index contributed by atoms with van der Waals surface area (Å²) in [6.07, 6.45) is 5.17. The van der Waals surface area contributed by atoms with Crippen LogP contribution in [0.15, 0.2) is 51.5 Å². The van der Waals surface area contributed by atoms with Crippen LogP contribution in [0.1, 0.15) is 40.5 Å². The van der Waals surface area contributed by atoms with Crippen LogP contribution in [0.3, 0.4) is 0 Å². The number of anilines is 1. The van der Waals surface area contributed by atoms with Crippen LogP contribution in [0.2, 0.25) is 15.1 Å². The number of carbonyl (C=O) groups is 1. The van der Waals surface area contributed by atoms with Gasteiger partial charge in [-0.25, -0.2) is 0 Å². The summed E-state index contributed by atoms with van der Waals surface area (Å²) < 4.78 is 12.4. The van der Waals surface area contributed by atoms with Crippen LogP contribution >= 0.6 is 46.1 Å². The highest BCUT2D eigenvalue weighted by Crippen LogP contribution is 2.42. The predicted molar refractivity (Wildman–Crippen MR) is 134 cm³/mol. The van der Waals surface area contributed by atoms with Crippen molar-refractivity contribution < 1.29 is 13.6 Å². The van der Waals surface area contributed by atoms with Gasteiger partial charge in [0.1, 0.15) is 16.4 Å². The van der Waals surface area contributed by atoms with Crippen molar-refractivity contribution in [2.45, 2.75) is 32.4 Å². The lowest BCUT2D eigenvalue weighted by molar-refractivity contribution is 0.0710. The average molecular weight is 524 g/mol. The van der Waals surface area contributed by atoms with Gasteiger partial charge in [0.25, 0.3) is 5.91 Å². The highest BCUT2D eigenvalue weighted by molar-refractivity contribution is 7.21. The van der Waals surface area contributed by atoms with Gasteiger partial charge in [0.2, 0.25) is 0 Å². The number of fused-ring (bicyclic) bond motifs is 1. The maximum atomic E-state index is 13.7. The van der Waals surface area contributed by atoms with E-state index in [0.717, 1.165) is 36.5 Å². The molecule has 1 aliphatic rings. The van der Waals surface area contributed by atoms with E-state index in [9.17, 15) is 4.79 Å². The monoisotopic (exact) mass is 522 g/mol. The third kappa shape index (κ3) is 4.76. The highest BCUT2D eigenvalue weighted by atomic mass is 35.5. The van der Waals surface area contributed by atoms with Gasteiger partial charge in [-0.3, -0.25) is 4.79 Å². The molecular weight excluding hydrogens is 503 g/mol. The number of carbonyl (C=O) groups excluding carboxylic acids is 1. The summed E-state index contributed by atoms with van der Waals surface area (Å²) in [5, 5.41) is 1.89. The molecule has 3 aromatic heterocycles. The summed E-state index contributed by atoms with van der Waals surface area (Å²) in [4.78, 5) is 18.0. The van der Waals surface area contributed by atoms with E-state index in [-0.39, 0.29) is 19.0 Å². The van der Waals surface area contributed by atoms with E-state index in [2.05, 4.69) is 4.90 Å². The quantitative estimate of drug-likeness (QED) is 0.258. The van der Waals surface area contributed by atoms with Crippen molar-refractivity contribution in [2.24, 2.45) is 0 Å². The lowest BCUT2D eigenvalue weighted by atomic mass is 10.1. The minimum atomic E-state index is -0.222. The number of hydrogen-bond donors (Lipinski definition) is 0. The number of amides is 1. The third-order valence-electron chi connectivity index (χ3n) is 5.72. The van der Waals surface area contributed by atoms with Gasteiger partial charge < -0.3 is 18.6 Å². The molecule has 1 fully saturated rings. The van der Waals surface area contributed by atoms with E-state index in [1.54, 1.807) is 29.4 Å². The lowest BCUT2D eigenvalue weighted by Crippen LogP contribution is -2.30. The van der Waals surface area contributed by atoms with Crippen LogP contribution in [0.4, 0.5) is 5.88 Å². The number of furan rings is 2. The number of thiophene rings is 1. The van der Waals surface area contributed by atoms with Crippen molar-refractivity contribution in [3.05, 3.63) is 74.1 Å². The molecule has 5 rings (SSSR count). The minimum absolute atomic E-state index is 0.222. The van der Waals surface area contributed by atoms with Crippen LogP contribution in [-0.4, -0.2) is 23.9 Å². The van der Waals surface area contributed by atoms with Gasteiger partial charge in [0, 0.05) is 34.3 Å². The molecule has 1 saturated heterocycles. The molecule has 0 radical (unpaired) electrons. The van der Waals surface area contributed by atoms with Crippen LogP contribution < -0.4 is 4.90 Å². The molecular formula is C24H21Cl3N2O3S. The van der Waals surface area contributed by atoms with E-state index in [1.807, 2.05) is 18.2 Å². The Balaban J connectivity index is 1.45. The second-order valence-electron chi connectivity index (χ2n) is 8.03. The maximum absolute atomic E-state index is 13.7. The summed E-state index contributed by atoms with van der Waals surface area (Å²) in [7, 11) is 0. The summed E-state index contributed by atoms with van der Waals surface area (Å²) in [6.45, 7) is 2.54. The zero-order valence-electron chi connectivity index (χ0n) is 17.7. The van der Waals surface area contributed by atoms with Gasteiger partial charge in [0.05, 0.1) is 29.4 Å². The average Bonchev–Trinajstić information content (AvgIpc) is 3.54. The summed E-state index contributed by atoms with van der Waals surface area (Å²) in [5.41, 5.74) is 0. The third-order valence-corrected chi connectivity index (χ3v) is 7.85.